The maximum Gasteiger partial charge on any atom is 0.230 e. The topological polar surface area (TPSA) is 54.9 Å². The molecule has 0 atom stereocenters. The van der Waals surface area contributed by atoms with E-state index in [0.29, 0.717) is 16.5 Å². The van der Waals surface area contributed by atoms with Gasteiger partial charge in [0.05, 0.1) is 17.8 Å². The summed E-state index contributed by atoms with van der Waals surface area (Å²) >= 11 is 5.96. The number of carbonyl (C=O) groups is 1. The normalized spacial score (nSPS) is 12.3. The third-order valence-corrected chi connectivity index (χ3v) is 5.92. The van der Waals surface area contributed by atoms with Gasteiger partial charge in [0, 0.05) is 10.6 Å². The monoisotopic (exact) mass is 451 g/mol. The number of fused-ring (bicyclic) bond motifs is 3. The van der Waals surface area contributed by atoms with Crippen LogP contribution >= 0.6 is 11.6 Å². The van der Waals surface area contributed by atoms with Crippen molar-refractivity contribution in [1.82, 2.24) is 9.97 Å². The Labute approximate surface area is 198 Å². The first-order valence-corrected chi connectivity index (χ1v) is 11.3. The number of rotatable bonds is 5. The van der Waals surface area contributed by atoms with E-state index in [1.807, 2.05) is 60.7 Å². The third kappa shape index (κ3) is 4.86. The number of benzene rings is 3. The van der Waals surface area contributed by atoms with Gasteiger partial charge in [0.2, 0.25) is 5.91 Å². The van der Waals surface area contributed by atoms with Gasteiger partial charge < -0.3 is 5.32 Å². The van der Waals surface area contributed by atoms with E-state index in [1.165, 1.54) is 5.56 Å². The van der Waals surface area contributed by atoms with Crippen molar-refractivity contribution in [2.45, 2.75) is 19.3 Å². The number of halogens is 1. The van der Waals surface area contributed by atoms with Crippen LogP contribution in [0.2, 0.25) is 5.02 Å². The zero-order valence-corrected chi connectivity index (χ0v) is 18.7. The number of nitrogens with one attached hydrogen (secondary N) is 1. The van der Waals surface area contributed by atoms with Crippen LogP contribution in [0.25, 0.3) is 23.4 Å². The number of anilines is 1. The highest BCUT2D eigenvalue weighted by atomic mass is 35.5. The molecule has 1 heterocycles. The van der Waals surface area contributed by atoms with Gasteiger partial charge in [-0.15, -0.1) is 0 Å². The maximum atomic E-state index is 12.8. The van der Waals surface area contributed by atoms with E-state index >= 15 is 0 Å². The minimum absolute atomic E-state index is 0.142. The predicted octanol–water partition coefficient (Wildman–Crippen LogP) is 6.25. The Morgan fingerprint density at radius 1 is 0.879 bits per heavy atom. The Kier molecular flexibility index (Phi) is 6.01. The highest BCUT2D eigenvalue weighted by Gasteiger charge is 2.21. The molecule has 0 saturated heterocycles. The molecular formula is C28H22ClN3O. The third-order valence-electron chi connectivity index (χ3n) is 5.67. The number of hydrogen-bond acceptors (Lipinski definition) is 3. The van der Waals surface area contributed by atoms with Crippen molar-refractivity contribution >= 4 is 35.5 Å². The van der Waals surface area contributed by atoms with Crippen molar-refractivity contribution in [1.29, 1.82) is 0 Å². The van der Waals surface area contributed by atoms with Crippen LogP contribution in [0.15, 0.2) is 78.9 Å². The van der Waals surface area contributed by atoms with Crippen LogP contribution in [0.3, 0.4) is 0 Å². The van der Waals surface area contributed by atoms with Crippen LogP contribution < -0.4 is 5.32 Å². The van der Waals surface area contributed by atoms with Crippen LogP contribution in [0, 0.1) is 0 Å². The lowest BCUT2D eigenvalue weighted by Crippen LogP contribution is -2.19. The lowest BCUT2D eigenvalue weighted by Gasteiger charge is -2.20. The van der Waals surface area contributed by atoms with E-state index < -0.39 is 0 Å². The zero-order chi connectivity index (χ0) is 22.6. The summed E-state index contributed by atoms with van der Waals surface area (Å²) < 4.78 is 0. The molecule has 0 aliphatic heterocycles. The molecule has 162 valence electrons. The van der Waals surface area contributed by atoms with Crippen LogP contribution in [-0.4, -0.2) is 15.9 Å². The fourth-order valence-electron chi connectivity index (χ4n) is 4.01. The second-order valence-electron chi connectivity index (χ2n) is 8.01. The van der Waals surface area contributed by atoms with Gasteiger partial charge in [-0.05, 0) is 47.7 Å². The number of amides is 1. The molecule has 0 unspecified atom stereocenters. The average Bonchev–Trinajstić information content (AvgIpc) is 2.84. The Morgan fingerprint density at radius 3 is 2.45 bits per heavy atom. The molecule has 0 spiro atoms. The molecule has 1 aliphatic carbocycles. The predicted molar refractivity (Wildman–Crippen MR) is 134 cm³/mol. The van der Waals surface area contributed by atoms with E-state index in [4.69, 9.17) is 21.6 Å². The number of carbonyl (C=O) groups excluding carboxylic acids is 1. The van der Waals surface area contributed by atoms with Gasteiger partial charge in [-0.3, -0.25) is 4.79 Å². The molecule has 1 amide bonds. The second kappa shape index (κ2) is 9.39. The van der Waals surface area contributed by atoms with Crippen LogP contribution in [0.1, 0.15) is 28.1 Å². The van der Waals surface area contributed by atoms with E-state index in [9.17, 15) is 4.79 Å². The lowest BCUT2D eigenvalue weighted by molar-refractivity contribution is -0.115. The number of aromatic nitrogens is 2. The van der Waals surface area contributed by atoms with Crippen molar-refractivity contribution in [2.75, 3.05) is 5.32 Å². The van der Waals surface area contributed by atoms with E-state index in [0.717, 1.165) is 40.9 Å². The summed E-state index contributed by atoms with van der Waals surface area (Å²) in [5.41, 5.74) is 6.76. The van der Waals surface area contributed by atoms with Crippen molar-refractivity contribution < 1.29 is 4.79 Å². The molecule has 1 N–H and O–H groups in total. The molecule has 3 aromatic carbocycles. The molecule has 33 heavy (non-hydrogen) atoms. The van der Waals surface area contributed by atoms with Gasteiger partial charge in [0.1, 0.15) is 5.69 Å². The number of hydrogen-bond donors (Lipinski definition) is 1. The Morgan fingerprint density at radius 2 is 1.64 bits per heavy atom. The van der Waals surface area contributed by atoms with Gasteiger partial charge in [-0.2, -0.15) is 0 Å². The van der Waals surface area contributed by atoms with Gasteiger partial charge in [-0.25, -0.2) is 9.97 Å². The highest BCUT2D eigenvalue weighted by molar-refractivity contribution is 6.30. The molecule has 5 heteroatoms. The summed E-state index contributed by atoms with van der Waals surface area (Å²) in [7, 11) is 0. The summed E-state index contributed by atoms with van der Waals surface area (Å²) in [6.07, 6.45) is 5.84. The Bertz CT molecular complexity index is 1330. The molecule has 1 aromatic heterocycles. The summed E-state index contributed by atoms with van der Waals surface area (Å²) in [5, 5.41) is 3.63. The first-order chi connectivity index (χ1) is 16.2. The first kappa shape index (κ1) is 21.1. The lowest BCUT2D eigenvalue weighted by atomic mass is 9.92. The fourth-order valence-corrected chi connectivity index (χ4v) is 4.13. The van der Waals surface area contributed by atoms with E-state index in [2.05, 4.69) is 23.5 Å². The molecule has 5 rings (SSSR count). The van der Waals surface area contributed by atoms with Crippen LogP contribution in [0.4, 0.5) is 5.82 Å². The summed E-state index contributed by atoms with van der Waals surface area (Å²) in [5.74, 6) is 0.344. The molecule has 4 nitrogen and oxygen atoms in total. The maximum absolute atomic E-state index is 12.8. The molecule has 0 bridgehead atoms. The molecule has 1 aliphatic rings. The van der Waals surface area contributed by atoms with Crippen molar-refractivity contribution in [3.63, 3.8) is 0 Å². The molecule has 0 saturated carbocycles. The van der Waals surface area contributed by atoms with Crippen molar-refractivity contribution in [2.24, 2.45) is 0 Å². The summed E-state index contributed by atoms with van der Waals surface area (Å²) in [6, 6.07) is 25.6. The second-order valence-corrected chi connectivity index (χ2v) is 8.44. The number of nitrogens with zero attached hydrogens (tertiary/aromatic N) is 2. The molecule has 0 radical (unpaired) electrons. The van der Waals surface area contributed by atoms with E-state index in [-0.39, 0.29) is 12.3 Å². The van der Waals surface area contributed by atoms with Crippen LogP contribution in [-0.2, 0) is 24.1 Å². The largest absolute Gasteiger partial charge is 0.309 e. The minimum Gasteiger partial charge on any atom is -0.309 e. The van der Waals surface area contributed by atoms with Gasteiger partial charge >= 0.3 is 0 Å². The van der Waals surface area contributed by atoms with E-state index in [1.54, 1.807) is 12.1 Å². The number of aryl methyl sites for hydroxylation is 2. The summed E-state index contributed by atoms with van der Waals surface area (Å²) in [6.45, 7) is 0. The molecule has 0 fully saturated rings. The smallest absolute Gasteiger partial charge is 0.230 e. The van der Waals surface area contributed by atoms with Gasteiger partial charge in [0.15, 0.2) is 5.82 Å². The molecular weight excluding hydrogens is 430 g/mol. The van der Waals surface area contributed by atoms with Gasteiger partial charge in [-0.1, -0.05) is 84.4 Å². The van der Waals surface area contributed by atoms with Crippen LogP contribution in [0.5, 0.6) is 0 Å². The Balaban J connectivity index is 1.50. The fraction of sp³-hybridized carbons (Fsp3) is 0.107. The first-order valence-electron chi connectivity index (χ1n) is 10.9. The average molecular weight is 452 g/mol. The molecule has 4 aromatic rings. The quantitative estimate of drug-likeness (QED) is 0.390. The zero-order valence-electron chi connectivity index (χ0n) is 18.0. The summed E-state index contributed by atoms with van der Waals surface area (Å²) in [4.78, 5) is 22.6. The van der Waals surface area contributed by atoms with Gasteiger partial charge in [0.25, 0.3) is 0 Å². The minimum atomic E-state index is -0.142. The SMILES string of the molecule is O=C(Cc1ccc(Cl)cc1)Nc1nc2c(nc1/C=C/c1ccccc1)-c1ccccc1CC2. The highest BCUT2D eigenvalue weighted by Crippen LogP contribution is 2.33. The van der Waals surface area contributed by atoms with Crippen molar-refractivity contribution in [3.8, 4) is 11.3 Å². The Hall–Kier alpha value is -3.76. The standard InChI is InChI=1S/C28H22ClN3O/c29-22-14-10-20(11-15-22)18-26(33)32-28-25(16-12-19-6-2-1-3-7-19)30-27-23-9-5-4-8-21(23)13-17-24(27)31-28/h1-12,14-16H,13,17-18H2,(H,31,32,33)/b16-12+. The van der Waals surface area contributed by atoms with Crippen molar-refractivity contribution in [3.05, 3.63) is 112 Å².